The quantitative estimate of drug-likeness (QED) is 0.560. The van der Waals surface area contributed by atoms with Crippen molar-refractivity contribution in [3.63, 3.8) is 0 Å². The number of pyridine rings is 1. The van der Waals surface area contributed by atoms with E-state index >= 15 is 0 Å². The molecule has 0 saturated heterocycles. The standard InChI is InChI=1S/C12H12N4/c1-7-3-8(2)11-10(4-7)15-6-9(5-13)12(11)16-14/h3-4,6H,14H2,1-2H3,(H,15,16). The number of aromatic nitrogens is 1. The van der Waals surface area contributed by atoms with Crippen LogP contribution < -0.4 is 11.3 Å². The summed E-state index contributed by atoms with van der Waals surface area (Å²) in [5, 5.41) is 9.88. The number of anilines is 1. The predicted molar refractivity (Wildman–Crippen MR) is 63.7 cm³/mol. The maximum atomic E-state index is 8.97. The molecule has 2 rings (SSSR count). The van der Waals surface area contributed by atoms with Gasteiger partial charge in [0.15, 0.2) is 0 Å². The molecule has 0 atom stereocenters. The lowest BCUT2D eigenvalue weighted by atomic mass is 10.0. The number of fused-ring (bicyclic) bond motifs is 1. The largest absolute Gasteiger partial charge is 0.322 e. The topological polar surface area (TPSA) is 74.7 Å². The van der Waals surface area contributed by atoms with Gasteiger partial charge in [0, 0.05) is 11.6 Å². The summed E-state index contributed by atoms with van der Waals surface area (Å²) in [7, 11) is 0. The van der Waals surface area contributed by atoms with Crippen molar-refractivity contribution in [1.29, 1.82) is 5.26 Å². The first kappa shape index (κ1) is 10.4. The van der Waals surface area contributed by atoms with Crippen LogP contribution in [0.3, 0.4) is 0 Å². The van der Waals surface area contributed by atoms with E-state index in [0.29, 0.717) is 11.3 Å². The van der Waals surface area contributed by atoms with Gasteiger partial charge in [-0.1, -0.05) is 6.07 Å². The fourth-order valence-electron chi connectivity index (χ4n) is 1.94. The molecule has 1 aromatic carbocycles. The average molecular weight is 212 g/mol. The van der Waals surface area contributed by atoms with Crippen molar-refractivity contribution in [2.45, 2.75) is 13.8 Å². The molecule has 0 aliphatic carbocycles. The molecule has 0 aliphatic heterocycles. The average Bonchev–Trinajstić information content (AvgIpc) is 2.27. The van der Waals surface area contributed by atoms with Crippen molar-refractivity contribution in [2.24, 2.45) is 5.84 Å². The maximum Gasteiger partial charge on any atom is 0.103 e. The minimum absolute atomic E-state index is 0.460. The third-order valence-electron chi connectivity index (χ3n) is 2.58. The van der Waals surface area contributed by atoms with Gasteiger partial charge in [-0.15, -0.1) is 0 Å². The Balaban J connectivity index is 2.93. The van der Waals surface area contributed by atoms with Crippen LogP contribution in [0.15, 0.2) is 18.3 Å². The first-order valence-electron chi connectivity index (χ1n) is 4.94. The van der Waals surface area contributed by atoms with Crippen LogP contribution in [0.4, 0.5) is 5.69 Å². The van der Waals surface area contributed by atoms with Crippen LogP contribution in [0.5, 0.6) is 0 Å². The smallest absolute Gasteiger partial charge is 0.103 e. The Hall–Kier alpha value is -2.12. The van der Waals surface area contributed by atoms with E-state index < -0.39 is 0 Å². The third kappa shape index (κ3) is 1.47. The number of nitrogens with two attached hydrogens (primary N) is 1. The summed E-state index contributed by atoms with van der Waals surface area (Å²) >= 11 is 0. The van der Waals surface area contributed by atoms with Crippen molar-refractivity contribution in [3.8, 4) is 6.07 Å². The molecule has 0 spiro atoms. The highest BCUT2D eigenvalue weighted by atomic mass is 15.2. The molecule has 0 unspecified atom stereocenters. The molecule has 2 aromatic rings. The minimum atomic E-state index is 0.460. The number of benzene rings is 1. The lowest BCUT2D eigenvalue weighted by molar-refractivity contribution is 1.29. The zero-order valence-electron chi connectivity index (χ0n) is 9.20. The molecule has 0 fully saturated rings. The molecule has 1 aromatic heterocycles. The van der Waals surface area contributed by atoms with Crippen LogP contribution >= 0.6 is 0 Å². The number of nitriles is 1. The monoisotopic (exact) mass is 212 g/mol. The van der Waals surface area contributed by atoms with Gasteiger partial charge in [-0.25, -0.2) is 0 Å². The second-order valence-corrected chi connectivity index (χ2v) is 3.78. The van der Waals surface area contributed by atoms with Gasteiger partial charge in [-0.3, -0.25) is 10.8 Å². The zero-order valence-corrected chi connectivity index (χ0v) is 9.20. The molecule has 0 bridgehead atoms. The molecular formula is C12H12N4. The number of hydrogen-bond donors (Lipinski definition) is 2. The van der Waals surface area contributed by atoms with E-state index in [9.17, 15) is 0 Å². The number of rotatable bonds is 1. The van der Waals surface area contributed by atoms with Crippen LogP contribution in [0, 0.1) is 25.2 Å². The summed E-state index contributed by atoms with van der Waals surface area (Å²) in [5.74, 6) is 5.47. The highest BCUT2D eigenvalue weighted by Crippen LogP contribution is 2.28. The highest BCUT2D eigenvalue weighted by molar-refractivity contribution is 5.96. The Morgan fingerprint density at radius 2 is 2.12 bits per heavy atom. The molecule has 1 heterocycles. The normalized spacial score (nSPS) is 10.1. The number of hydrogen-bond acceptors (Lipinski definition) is 4. The molecule has 0 saturated carbocycles. The van der Waals surface area contributed by atoms with Crippen LogP contribution in [0.2, 0.25) is 0 Å². The molecule has 0 radical (unpaired) electrons. The third-order valence-corrected chi connectivity index (χ3v) is 2.58. The fraction of sp³-hybridized carbons (Fsp3) is 0.167. The molecule has 4 nitrogen and oxygen atoms in total. The lowest BCUT2D eigenvalue weighted by Crippen LogP contribution is -2.10. The number of aryl methyl sites for hydroxylation is 2. The van der Waals surface area contributed by atoms with Crippen LogP contribution in [-0.2, 0) is 0 Å². The maximum absolute atomic E-state index is 8.97. The van der Waals surface area contributed by atoms with Gasteiger partial charge < -0.3 is 5.43 Å². The predicted octanol–water partition coefficient (Wildman–Crippen LogP) is 2.01. The van der Waals surface area contributed by atoms with Crippen molar-refractivity contribution in [3.05, 3.63) is 35.0 Å². The molecular weight excluding hydrogens is 200 g/mol. The highest BCUT2D eigenvalue weighted by Gasteiger charge is 2.10. The zero-order chi connectivity index (χ0) is 11.7. The molecule has 4 heteroatoms. The van der Waals surface area contributed by atoms with Gasteiger partial charge in [0.2, 0.25) is 0 Å². The molecule has 3 N–H and O–H groups in total. The second-order valence-electron chi connectivity index (χ2n) is 3.78. The Morgan fingerprint density at radius 3 is 2.75 bits per heavy atom. The summed E-state index contributed by atoms with van der Waals surface area (Å²) in [4.78, 5) is 4.26. The Bertz CT molecular complexity index is 596. The van der Waals surface area contributed by atoms with Crippen molar-refractivity contribution >= 4 is 16.6 Å². The van der Waals surface area contributed by atoms with Gasteiger partial charge in [-0.05, 0) is 31.0 Å². The summed E-state index contributed by atoms with van der Waals surface area (Å²) in [6.45, 7) is 4.00. The van der Waals surface area contributed by atoms with Gasteiger partial charge in [0.1, 0.15) is 6.07 Å². The summed E-state index contributed by atoms with van der Waals surface area (Å²) in [6.07, 6.45) is 1.54. The Labute approximate surface area is 93.7 Å². The first-order valence-corrected chi connectivity index (χ1v) is 4.94. The molecule has 80 valence electrons. The number of nitrogen functional groups attached to an aromatic ring is 1. The van der Waals surface area contributed by atoms with Gasteiger partial charge in [0.05, 0.1) is 16.8 Å². The van der Waals surface area contributed by atoms with E-state index in [0.717, 1.165) is 22.0 Å². The molecule has 0 aliphatic rings. The van der Waals surface area contributed by atoms with Crippen LogP contribution in [0.25, 0.3) is 10.9 Å². The summed E-state index contributed by atoms with van der Waals surface area (Å²) < 4.78 is 0. The summed E-state index contributed by atoms with van der Waals surface area (Å²) in [6, 6.07) is 6.10. The minimum Gasteiger partial charge on any atom is -0.322 e. The SMILES string of the molecule is Cc1cc(C)c2c(NN)c(C#N)cnc2c1. The number of nitrogens with zero attached hydrogens (tertiary/aromatic N) is 2. The van der Waals surface area contributed by atoms with E-state index in [1.165, 1.54) is 6.20 Å². The first-order chi connectivity index (χ1) is 7.67. The van der Waals surface area contributed by atoms with Crippen LogP contribution in [0.1, 0.15) is 16.7 Å². The van der Waals surface area contributed by atoms with Gasteiger partial charge in [-0.2, -0.15) is 5.26 Å². The molecule has 0 amide bonds. The van der Waals surface area contributed by atoms with Gasteiger partial charge in [0.25, 0.3) is 0 Å². The fourth-order valence-corrected chi connectivity index (χ4v) is 1.94. The van der Waals surface area contributed by atoms with Gasteiger partial charge >= 0.3 is 0 Å². The van der Waals surface area contributed by atoms with Crippen LogP contribution in [-0.4, -0.2) is 4.98 Å². The summed E-state index contributed by atoms with van der Waals surface area (Å²) in [5.41, 5.74) is 6.75. The Morgan fingerprint density at radius 1 is 1.38 bits per heavy atom. The van der Waals surface area contributed by atoms with Crippen molar-refractivity contribution in [2.75, 3.05) is 5.43 Å². The van der Waals surface area contributed by atoms with Crippen molar-refractivity contribution in [1.82, 2.24) is 4.98 Å². The Kier molecular flexibility index (Phi) is 2.47. The van der Waals surface area contributed by atoms with Crippen molar-refractivity contribution < 1.29 is 0 Å². The number of nitrogens with one attached hydrogen (secondary N) is 1. The lowest BCUT2D eigenvalue weighted by Gasteiger charge is -2.10. The van der Waals surface area contributed by atoms with E-state index in [1.807, 2.05) is 26.0 Å². The van der Waals surface area contributed by atoms with E-state index in [4.69, 9.17) is 11.1 Å². The van der Waals surface area contributed by atoms with E-state index in [2.05, 4.69) is 16.5 Å². The van der Waals surface area contributed by atoms with E-state index in [1.54, 1.807) is 0 Å². The second kappa shape index (κ2) is 3.80. The van der Waals surface area contributed by atoms with E-state index in [-0.39, 0.29) is 0 Å². The number of hydrazine groups is 1. The molecule has 16 heavy (non-hydrogen) atoms.